The van der Waals surface area contributed by atoms with Crippen LogP contribution in [0.2, 0.25) is 0 Å². The molecule has 0 spiro atoms. The Morgan fingerprint density at radius 3 is 3.00 bits per heavy atom. The highest BCUT2D eigenvalue weighted by Gasteiger charge is 2.28. The molecule has 96 valence electrons. The number of aromatic nitrogens is 2. The molecule has 3 heterocycles. The van der Waals surface area contributed by atoms with Crippen molar-refractivity contribution in [1.29, 1.82) is 0 Å². The minimum atomic E-state index is 0.296. The second-order valence-electron chi connectivity index (χ2n) is 5.37. The summed E-state index contributed by atoms with van der Waals surface area (Å²) < 4.78 is 2.09. The monoisotopic (exact) mass is 245 g/mol. The number of imidazole rings is 1. The van der Waals surface area contributed by atoms with E-state index in [2.05, 4.69) is 28.1 Å². The number of likely N-dealkylation sites (tertiary alicyclic amines) is 1. The van der Waals surface area contributed by atoms with Gasteiger partial charge in [0.15, 0.2) is 0 Å². The standard InChI is InChI=1S/C14H19N3O/c1-10(2)16-5-3-11(9-16)14-15-8-12-7-13(18)4-6-17(12)14/h4,6-8,10-11,18H,3,5,9H2,1-2H3. The van der Waals surface area contributed by atoms with Crippen LogP contribution in [0, 0.1) is 0 Å². The molecule has 3 rings (SSSR count). The molecule has 1 unspecified atom stereocenters. The number of hydrogen-bond acceptors (Lipinski definition) is 3. The van der Waals surface area contributed by atoms with Gasteiger partial charge in [0.05, 0.1) is 11.7 Å². The van der Waals surface area contributed by atoms with Gasteiger partial charge < -0.3 is 14.4 Å². The van der Waals surface area contributed by atoms with Gasteiger partial charge in [0, 0.05) is 30.8 Å². The molecule has 0 amide bonds. The summed E-state index contributed by atoms with van der Waals surface area (Å²) in [6.45, 7) is 6.71. The van der Waals surface area contributed by atoms with Crippen molar-refractivity contribution in [3.05, 3.63) is 30.4 Å². The molecule has 1 atom stereocenters. The van der Waals surface area contributed by atoms with Gasteiger partial charge in [-0.25, -0.2) is 4.98 Å². The van der Waals surface area contributed by atoms with E-state index < -0.39 is 0 Å². The lowest BCUT2D eigenvalue weighted by molar-refractivity contribution is 0.272. The number of fused-ring (bicyclic) bond motifs is 1. The van der Waals surface area contributed by atoms with E-state index in [9.17, 15) is 5.11 Å². The van der Waals surface area contributed by atoms with E-state index in [0.717, 1.165) is 30.9 Å². The maximum atomic E-state index is 9.47. The van der Waals surface area contributed by atoms with Crippen LogP contribution >= 0.6 is 0 Å². The molecule has 0 aliphatic carbocycles. The largest absolute Gasteiger partial charge is 0.508 e. The van der Waals surface area contributed by atoms with Crippen molar-refractivity contribution in [3.63, 3.8) is 0 Å². The van der Waals surface area contributed by atoms with Crippen LogP contribution in [0.5, 0.6) is 5.75 Å². The van der Waals surface area contributed by atoms with E-state index in [1.165, 1.54) is 0 Å². The van der Waals surface area contributed by atoms with Gasteiger partial charge in [-0.1, -0.05) is 0 Å². The first-order valence-corrected chi connectivity index (χ1v) is 6.55. The summed E-state index contributed by atoms with van der Waals surface area (Å²) in [6, 6.07) is 4.07. The fourth-order valence-corrected chi connectivity index (χ4v) is 2.78. The van der Waals surface area contributed by atoms with Crippen molar-refractivity contribution in [2.24, 2.45) is 0 Å². The zero-order valence-electron chi connectivity index (χ0n) is 10.9. The van der Waals surface area contributed by atoms with Gasteiger partial charge in [0.2, 0.25) is 0 Å². The Morgan fingerprint density at radius 2 is 2.28 bits per heavy atom. The van der Waals surface area contributed by atoms with E-state index in [1.54, 1.807) is 12.1 Å². The van der Waals surface area contributed by atoms with Crippen molar-refractivity contribution >= 4 is 5.52 Å². The Balaban J connectivity index is 1.91. The van der Waals surface area contributed by atoms with Gasteiger partial charge in [-0.05, 0) is 32.9 Å². The molecule has 4 nitrogen and oxygen atoms in total. The molecule has 0 saturated carbocycles. The molecule has 1 aliphatic heterocycles. The fourth-order valence-electron chi connectivity index (χ4n) is 2.78. The number of rotatable bonds is 2. The number of aromatic hydroxyl groups is 1. The van der Waals surface area contributed by atoms with Crippen LogP contribution in [0.4, 0.5) is 0 Å². The highest BCUT2D eigenvalue weighted by Crippen LogP contribution is 2.28. The molecule has 18 heavy (non-hydrogen) atoms. The Kier molecular flexibility index (Phi) is 2.74. The van der Waals surface area contributed by atoms with Crippen LogP contribution in [0.3, 0.4) is 0 Å². The fraction of sp³-hybridized carbons (Fsp3) is 0.500. The first-order valence-electron chi connectivity index (χ1n) is 6.55. The van der Waals surface area contributed by atoms with Gasteiger partial charge in [-0.3, -0.25) is 0 Å². The number of hydrogen-bond donors (Lipinski definition) is 1. The molecule has 1 aliphatic rings. The van der Waals surface area contributed by atoms with Gasteiger partial charge >= 0.3 is 0 Å². The lowest BCUT2D eigenvalue weighted by Gasteiger charge is -2.19. The second kappa shape index (κ2) is 4.28. The molecule has 0 radical (unpaired) electrons. The quantitative estimate of drug-likeness (QED) is 0.882. The maximum absolute atomic E-state index is 9.47. The second-order valence-corrected chi connectivity index (χ2v) is 5.37. The van der Waals surface area contributed by atoms with Gasteiger partial charge in [0.1, 0.15) is 11.6 Å². The topological polar surface area (TPSA) is 40.8 Å². The SMILES string of the molecule is CC(C)N1CCC(c2ncc3cc(O)ccn23)C1. The van der Waals surface area contributed by atoms with Crippen molar-refractivity contribution in [2.45, 2.75) is 32.2 Å². The third kappa shape index (κ3) is 1.86. The summed E-state index contributed by atoms with van der Waals surface area (Å²) in [5, 5.41) is 9.47. The van der Waals surface area contributed by atoms with Crippen LogP contribution in [0.15, 0.2) is 24.5 Å². The molecule has 1 saturated heterocycles. The summed E-state index contributed by atoms with van der Waals surface area (Å²) >= 11 is 0. The van der Waals surface area contributed by atoms with Crippen molar-refractivity contribution in [1.82, 2.24) is 14.3 Å². The number of pyridine rings is 1. The first-order chi connectivity index (χ1) is 8.65. The van der Waals surface area contributed by atoms with E-state index in [0.29, 0.717) is 17.7 Å². The van der Waals surface area contributed by atoms with Crippen molar-refractivity contribution < 1.29 is 5.11 Å². The normalized spacial score (nSPS) is 21.2. The van der Waals surface area contributed by atoms with Crippen molar-refractivity contribution in [3.8, 4) is 5.75 Å². The highest BCUT2D eigenvalue weighted by atomic mass is 16.3. The van der Waals surface area contributed by atoms with E-state index in [4.69, 9.17) is 0 Å². The van der Waals surface area contributed by atoms with Crippen LogP contribution in [-0.4, -0.2) is 38.5 Å². The van der Waals surface area contributed by atoms with Gasteiger partial charge in [-0.15, -0.1) is 0 Å². The Bertz CT molecular complexity index is 561. The van der Waals surface area contributed by atoms with E-state index in [1.807, 2.05) is 12.4 Å². The van der Waals surface area contributed by atoms with E-state index >= 15 is 0 Å². The summed E-state index contributed by atoms with van der Waals surface area (Å²) in [5.41, 5.74) is 0.966. The molecule has 1 N–H and O–H groups in total. The Hall–Kier alpha value is -1.55. The lowest BCUT2D eigenvalue weighted by atomic mass is 10.1. The molecular formula is C14H19N3O. The molecule has 0 aromatic carbocycles. The lowest BCUT2D eigenvalue weighted by Crippen LogP contribution is -2.28. The van der Waals surface area contributed by atoms with Crippen LogP contribution in [-0.2, 0) is 0 Å². The van der Waals surface area contributed by atoms with Gasteiger partial charge in [0.25, 0.3) is 0 Å². The summed E-state index contributed by atoms with van der Waals surface area (Å²) in [5.74, 6) is 1.91. The number of nitrogens with zero attached hydrogens (tertiary/aromatic N) is 3. The highest BCUT2D eigenvalue weighted by molar-refractivity contribution is 5.50. The molecule has 4 heteroatoms. The van der Waals surface area contributed by atoms with Crippen LogP contribution in [0.1, 0.15) is 32.0 Å². The first kappa shape index (κ1) is 11.5. The molecule has 2 aromatic rings. The Labute approximate surface area is 107 Å². The molecule has 1 fully saturated rings. The van der Waals surface area contributed by atoms with Gasteiger partial charge in [-0.2, -0.15) is 0 Å². The zero-order chi connectivity index (χ0) is 12.7. The van der Waals surface area contributed by atoms with E-state index in [-0.39, 0.29) is 0 Å². The predicted molar refractivity (Wildman–Crippen MR) is 70.9 cm³/mol. The minimum absolute atomic E-state index is 0.296. The third-order valence-corrected chi connectivity index (χ3v) is 3.86. The smallest absolute Gasteiger partial charge is 0.119 e. The maximum Gasteiger partial charge on any atom is 0.119 e. The third-order valence-electron chi connectivity index (χ3n) is 3.86. The average Bonchev–Trinajstić information content (AvgIpc) is 2.92. The Morgan fingerprint density at radius 1 is 1.44 bits per heavy atom. The molecule has 0 bridgehead atoms. The minimum Gasteiger partial charge on any atom is -0.508 e. The van der Waals surface area contributed by atoms with Crippen LogP contribution in [0.25, 0.3) is 5.52 Å². The van der Waals surface area contributed by atoms with Crippen molar-refractivity contribution in [2.75, 3.05) is 13.1 Å². The molecule has 2 aromatic heterocycles. The summed E-state index contributed by atoms with van der Waals surface area (Å²) in [7, 11) is 0. The average molecular weight is 245 g/mol. The summed E-state index contributed by atoms with van der Waals surface area (Å²) in [6.07, 6.45) is 4.91. The summed E-state index contributed by atoms with van der Waals surface area (Å²) in [4.78, 5) is 7.03. The van der Waals surface area contributed by atoms with Crippen LogP contribution < -0.4 is 0 Å². The zero-order valence-corrected chi connectivity index (χ0v) is 10.9. The molecular weight excluding hydrogens is 226 g/mol. The predicted octanol–water partition coefficient (Wildman–Crippen LogP) is 2.24.